The van der Waals surface area contributed by atoms with Crippen LogP contribution in [-0.2, 0) is 4.74 Å². The number of nitrogens with one attached hydrogen (secondary N) is 1. The summed E-state index contributed by atoms with van der Waals surface area (Å²) in [6.07, 6.45) is 2.65. The number of aromatic hydroxyl groups is 1. The predicted molar refractivity (Wildman–Crippen MR) is 74.6 cm³/mol. The molecule has 0 bridgehead atoms. The van der Waals surface area contributed by atoms with Crippen LogP contribution < -0.4 is 10.1 Å². The molecule has 1 unspecified atom stereocenters. The van der Waals surface area contributed by atoms with Gasteiger partial charge in [0.2, 0.25) is 0 Å². The van der Waals surface area contributed by atoms with Crippen LogP contribution >= 0.6 is 0 Å². The van der Waals surface area contributed by atoms with E-state index in [9.17, 15) is 5.11 Å². The summed E-state index contributed by atoms with van der Waals surface area (Å²) in [7, 11) is 1.59. The number of phenols is 1. The molecule has 2 rings (SSSR count). The summed E-state index contributed by atoms with van der Waals surface area (Å²) in [5, 5.41) is 13.3. The average molecular weight is 265 g/mol. The Kier molecular flexibility index (Phi) is 5.05. The quantitative estimate of drug-likeness (QED) is 0.709. The highest BCUT2D eigenvalue weighted by atomic mass is 16.5. The number of hydrogen-bond donors (Lipinski definition) is 2. The van der Waals surface area contributed by atoms with Crippen molar-refractivity contribution in [2.24, 2.45) is 5.92 Å². The largest absolute Gasteiger partial charge is 0.507 e. The molecule has 1 atom stereocenters. The first-order chi connectivity index (χ1) is 9.20. The van der Waals surface area contributed by atoms with Gasteiger partial charge in [-0.1, -0.05) is 6.07 Å². The number of ether oxygens (including phenoxy) is 2. The normalized spacial score (nSPS) is 16.3. The number of rotatable bonds is 8. The van der Waals surface area contributed by atoms with Crippen LogP contribution in [0.2, 0.25) is 0 Å². The van der Waals surface area contributed by atoms with Gasteiger partial charge in [0.25, 0.3) is 0 Å². The molecular formula is C15H23NO3. The zero-order valence-electron chi connectivity index (χ0n) is 11.7. The molecule has 1 aromatic rings. The van der Waals surface area contributed by atoms with E-state index in [1.165, 1.54) is 12.8 Å². The molecule has 19 heavy (non-hydrogen) atoms. The van der Waals surface area contributed by atoms with E-state index in [4.69, 9.17) is 9.47 Å². The highest BCUT2D eigenvalue weighted by Gasteiger charge is 2.20. The second-order valence-electron chi connectivity index (χ2n) is 5.12. The molecule has 1 saturated carbocycles. The lowest BCUT2D eigenvalue weighted by atomic mass is 10.1. The Bertz CT molecular complexity index is 404. The molecule has 0 radical (unpaired) electrons. The van der Waals surface area contributed by atoms with Crippen molar-refractivity contribution in [3.05, 3.63) is 23.8 Å². The van der Waals surface area contributed by atoms with Crippen LogP contribution in [0.25, 0.3) is 0 Å². The summed E-state index contributed by atoms with van der Waals surface area (Å²) < 4.78 is 10.6. The third kappa shape index (κ3) is 4.40. The van der Waals surface area contributed by atoms with Crippen molar-refractivity contribution in [2.75, 3.05) is 26.9 Å². The second kappa shape index (κ2) is 6.78. The third-order valence-electron chi connectivity index (χ3n) is 3.45. The van der Waals surface area contributed by atoms with Gasteiger partial charge in [-0.25, -0.2) is 0 Å². The molecule has 0 amide bonds. The molecule has 1 fully saturated rings. The van der Waals surface area contributed by atoms with Crippen molar-refractivity contribution in [1.82, 2.24) is 5.32 Å². The lowest BCUT2D eigenvalue weighted by molar-refractivity contribution is 0.124. The first kappa shape index (κ1) is 14.2. The van der Waals surface area contributed by atoms with Crippen LogP contribution in [0.15, 0.2) is 18.2 Å². The van der Waals surface area contributed by atoms with Gasteiger partial charge in [-0.15, -0.1) is 0 Å². The number of hydrogen-bond acceptors (Lipinski definition) is 4. The van der Waals surface area contributed by atoms with Crippen molar-refractivity contribution >= 4 is 0 Å². The highest BCUT2D eigenvalue weighted by molar-refractivity contribution is 5.41. The molecular weight excluding hydrogens is 242 g/mol. The Balaban J connectivity index is 1.73. The minimum absolute atomic E-state index is 0.0930. The van der Waals surface area contributed by atoms with Crippen molar-refractivity contribution in [3.63, 3.8) is 0 Å². The highest BCUT2D eigenvalue weighted by Crippen LogP contribution is 2.29. The SMILES string of the molecule is COc1ccc(C(C)NCCOCC2CC2)c(O)c1. The van der Waals surface area contributed by atoms with Crippen molar-refractivity contribution < 1.29 is 14.6 Å². The van der Waals surface area contributed by atoms with Gasteiger partial charge in [0.1, 0.15) is 11.5 Å². The maximum atomic E-state index is 9.93. The fourth-order valence-corrected chi connectivity index (χ4v) is 2.01. The predicted octanol–water partition coefficient (Wildman–Crippen LogP) is 2.48. The van der Waals surface area contributed by atoms with E-state index in [-0.39, 0.29) is 11.8 Å². The number of methoxy groups -OCH3 is 1. The van der Waals surface area contributed by atoms with Crippen LogP contribution in [0, 0.1) is 5.92 Å². The summed E-state index contributed by atoms with van der Waals surface area (Å²) in [6.45, 7) is 4.43. The topological polar surface area (TPSA) is 50.7 Å². The minimum atomic E-state index is 0.0930. The first-order valence-electron chi connectivity index (χ1n) is 6.88. The molecule has 1 aliphatic rings. The van der Waals surface area contributed by atoms with Gasteiger partial charge in [-0.3, -0.25) is 0 Å². The molecule has 2 N–H and O–H groups in total. The number of phenolic OH excluding ortho intramolecular Hbond substituents is 1. The van der Waals surface area contributed by atoms with Crippen LogP contribution in [0.5, 0.6) is 11.5 Å². The fourth-order valence-electron chi connectivity index (χ4n) is 2.01. The molecule has 4 nitrogen and oxygen atoms in total. The van der Waals surface area contributed by atoms with Crippen LogP contribution in [0.3, 0.4) is 0 Å². The van der Waals surface area contributed by atoms with Gasteiger partial charge in [0.05, 0.1) is 13.7 Å². The molecule has 0 aliphatic heterocycles. The van der Waals surface area contributed by atoms with E-state index in [1.54, 1.807) is 13.2 Å². The van der Waals surface area contributed by atoms with E-state index in [0.29, 0.717) is 5.75 Å². The molecule has 0 saturated heterocycles. The van der Waals surface area contributed by atoms with Gasteiger partial charge in [0.15, 0.2) is 0 Å². The van der Waals surface area contributed by atoms with Crippen molar-refractivity contribution in [2.45, 2.75) is 25.8 Å². The van der Waals surface area contributed by atoms with Gasteiger partial charge < -0.3 is 19.9 Å². The molecule has 4 heteroatoms. The van der Waals surface area contributed by atoms with E-state index >= 15 is 0 Å². The van der Waals surface area contributed by atoms with Crippen LogP contribution in [0.4, 0.5) is 0 Å². The Labute approximate surface area is 114 Å². The Hall–Kier alpha value is -1.26. The number of benzene rings is 1. The zero-order valence-corrected chi connectivity index (χ0v) is 11.7. The Morgan fingerprint density at radius 1 is 1.42 bits per heavy atom. The fraction of sp³-hybridized carbons (Fsp3) is 0.600. The summed E-state index contributed by atoms with van der Waals surface area (Å²) in [4.78, 5) is 0. The maximum Gasteiger partial charge on any atom is 0.124 e. The zero-order chi connectivity index (χ0) is 13.7. The molecule has 0 heterocycles. The van der Waals surface area contributed by atoms with Crippen LogP contribution in [0.1, 0.15) is 31.4 Å². The van der Waals surface area contributed by atoms with Gasteiger partial charge in [0, 0.05) is 30.8 Å². The molecule has 1 aliphatic carbocycles. The summed E-state index contributed by atoms with van der Waals surface area (Å²) in [5.41, 5.74) is 0.878. The van der Waals surface area contributed by atoms with Gasteiger partial charge in [-0.05, 0) is 31.7 Å². The van der Waals surface area contributed by atoms with Gasteiger partial charge in [-0.2, -0.15) is 0 Å². The third-order valence-corrected chi connectivity index (χ3v) is 3.45. The second-order valence-corrected chi connectivity index (χ2v) is 5.12. The first-order valence-corrected chi connectivity index (χ1v) is 6.88. The van der Waals surface area contributed by atoms with E-state index in [2.05, 4.69) is 5.32 Å². The Morgan fingerprint density at radius 3 is 2.84 bits per heavy atom. The maximum absolute atomic E-state index is 9.93. The monoisotopic (exact) mass is 265 g/mol. The summed E-state index contributed by atoms with van der Waals surface area (Å²) in [5.74, 6) is 1.74. The van der Waals surface area contributed by atoms with Crippen molar-refractivity contribution in [1.29, 1.82) is 0 Å². The van der Waals surface area contributed by atoms with E-state index in [0.717, 1.165) is 31.2 Å². The van der Waals surface area contributed by atoms with Crippen molar-refractivity contribution in [3.8, 4) is 11.5 Å². The molecule has 106 valence electrons. The summed E-state index contributed by atoms with van der Waals surface area (Å²) >= 11 is 0. The van der Waals surface area contributed by atoms with Gasteiger partial charge >= 0.3 is 0 Å². The summed E-state index contributed by atoms with van der Waals surface area (Å²) in [6, 6.07) is 5.47. The van der Waals surface area contributed by atoms with Crippen LogP contribution in [-0.4, -0.2) is 32.0 Å². The lowest BCUT2D eigenvalue weighted by Gasteiger charge is -2.16. The smallest absolute Gasteiger partial charge is 0.124 e. The van der Waals surface area contributed by atoms with E-state index in [1.807, 2.05) is 19.1 Å². The average Bonchev–Trinajstić information content (AvgIpc) is 3.22. The lowest BCUT2D eigenvalue weighted by Crippen LogP contribution is -2.23. The standard InChI is InChI=1S/C15H23NO3/c1-11(16-7-8-19-10-12-3-4-12)14-6-5-13(18-2)9-15(14)17/h5-6,9,11-12,16-17H,3-4,7-8,10H2,1-2H3. The Morgan fingerprint density at radius 2 is 2.21 bits per heavy atom. The molecule has 1 aromatic carbocycles. The molecule has 0 aromatic heterocycles. The minimum Gasteiger partial charge on any atom is -0.507 e. The molecule has 0 spiro atoms. The van der Waals surface area contributed by atoms with E-state index < -0.39 is 0 Å².